The minimum atomic E-state index is 0.0869. The molecule has 0 radical (unpaired) electrons. The summed E-state index contributed by atoms with van der Waals surface area (Å²) in [6.45, 7) is 3.93. The van der Waals surface area contributed by atoms with Crippen molar-refractivity contribution in [2.24, 2.45) is 0 Å². The highest BCUT2D eigenvalue weighted by Gasteiger charge is 2.23. The fourth-order valence-corrected chi connectivity index (χ4v) is 3.45. The monoisotopic (exact) mass is 282 g/mol. The molecule has 0 saturated carbocycles. The molecule has 0 spiro atoms. The summed E-state index contributed by atoms with van der Waals surface area (Å²) in [5.41, 5.74) is 3.56. The van der Waals surface area contributed by atoms with Crippen LogP contribution in [0.5, 0.6) is 0 Å². The van der Waals surface area contributed by atoms with E-state index in [1.807, 2.05) is 42.5 Å². The molecule has 1 aliphatic rings. The molecule has 2 aromatic carbocycles. The van der Waals surface area contributed by atoms with E-state index in [0.717, 1.165) is 32.9 Å². The fourth-order valence-electron chi connectivity index (χ4n) is 2.40. The summed E-state index contributed by atoms with van der Waals surface area (Å²) in [4.78, 5) is 13.9. The first-order valence-electron chi connectivity index (χ1n) is 6.41. The van der Waals surface area contributed by atoms with Crippen molar-refractivity contribution in [2.75, 3.05) is 0 Å². The Morgan fingerprint density at radius 3 is 2.90 bits per heavy atom. The first kappa shape index (κ1) is 13.0. The molecule has 20 heavy (non-hydrogen) atoms. The van der Waals surface area contributed by atoms with Gasteiger partial charge in [0.2, 0.25) is 0 Å². The van der Waals surface area contributed by atoms with Gasteiger partial charge in [-0.3, -0.25) is 4.79 Å². The van der Waals surface area contributed by atoms with Crippen molar-refractivity contribution in [1.82, 2.24) is 0 Å². The summed E-state index contributed by atoms with van der Waals surface area (Å²) in [7, 11) is 0. The van der Waals surface area contributed by atoms with Crippen molar-refractivity contribution >= 4 is 17.5 Å². The summed E-state index contributed by atoms with van der Waals surface area (Å²) in [6, 6.07) is 13.7. The molecule has 0 saturated heterocycles. The predicted octanol–water partition coefficient (Wildman–Crippen LogP) is 4.18. The van der Waals surface area contributed by atoms with Crippen LogP contribution in [0.1, 0.15) is 27.0 Å². The zero-order valence-electron chi connectivity index (χ0n) is 11.0. The Kier molecular flexibility index (Phi) is 3.61. The lowest BCUT2D eigenvalue weighted by Crippen LogP contribution is -2.08. The number of benzene rings is 2. The quantitative estimate of drug-likeness (QED) is 0.790. The number of carbonyl (C=O) groups is 1. The van der Waals surface area contributed by atoms with Gasteiger partial charge in [-0.15, -0.1) is 11.8 Å². The average molecular weight is 282 g/mol. The molecular weight excluding hydrogens is 268 g/mol. The van der Waals surface area contributed by atoms with Crippen LogP contribution in [-0.4, -0.2) is 5.78 Å². The lowest BCUT2D eigenvalue weighted by atomic mass is 9.94. The summed E-state index contributed by atoms with van der Waals surface area (Å²) < 4.78 is 5.27. The molecule has 1 heterocycles. The zero-order valence-corrected chi connectivity index (χ0v) is 11.8. The van der Waals surface area contributed by atoms with Crippen molar-refractivity contribution < 1.29 is 9.53 Å². The lowest BCUT2D eigenvalue weighted by molar-refractivity contribution is 0.103. The summed E-state index contributed by atoms with van der Waals surface area (Å²) in [6.07, 6.45) is 1.41. The molecule has 0 bridgehead atoms. The van der Waals surface area contributed by atoms with Crippen molar-refractivity contribution in [3.8, 4) is 0 Å². The normalized spacial score (nSPS) is 13.1. The minimum absolute atomic E-state index is 0.0869. The fraction of sp³-hybridized carbons (Fsp3) is 0.118. The molecule has 0 N–H and O–H groups in total. The lowest BCUT2D eigenvalue weighted by Gasteiger charge is -2.11. The van der Waals surface area contributed by atoms with Crippen molar-refractivity contribution in [3.63, 3.8) is 0 Å². The van der Waals surface area contributed by atoms with E-state index < -0.39 is 0 Å². The van der Waals surface area contributed by atoms with E-state index >= 15 is 0 Å². The van der Waals surface area contributed by atoms with Crippen LogP contribution < -0.4 is 0 Å². The van der Waals surface area contributed by atoms with Crippen molar-refractivity contribution in [3.05, 3.63) is 77.6 Å². The highest BCUT2D eigenvalue weighted by molar-refractivity contribution is 7.98. The van der Waals surface area contributed by atoms with Gasteiger partial charge >= 0.3 is 0 Å². The maximum absolute atomic E-state index is 12.8. The molecule has 0 amide bonds. The van der Waals surface area contributed by atoms with Crippen LogP contribution in [0.2, 0.25) is 0 Å². The number of ketones is 1. The number of fused-ring (bicyclic) bond motifs is 2. The van der Waals surface area contributed by atoms with Gasteiger partial charge in [-0.2, -0.15) is 0 Å². The Hall–Kier alpha value is -2.00. The summed E-state index contributed by atoms with van der Waals surface area (Å²) >= 11 is 1.71. The Labute approximate surface area is 122 Å². The molecule has 0 aliphatic carbocycles. The number of hydrogen-bond acceptors (Lipinski definition) is 3. The second kappa shape index (κ2) is 5.55. The van der Waals surface area contributed by atoms with Gasteiger partial charge in [-0.05, 0) is 17.7 Å². The van der Waals surface area contributed by atoms with E-state index in [1.165, 1.54) is 6.26 Å². The molecular formula is C17H14O2S. The number of carbonyl (C=O) groups excluding carboxylic acids is 1. The van der Waals surface area contributed by atoms with Gasteiger partial charge in [0.15, 0.2) is 5.78 Å². The van der Waals surface area contributed by atoms with Crippen LogP contribution in [0.3, 0.4) is 0 Å². The Morgan fingerprint density at radius 1 is 1.20 bits per heavy atom. The van der Waals surface area contributed by atoms with Crippen LogP contribution in [0.25, 0.3) is 0 Å². The number of ether oxygens (including phenoxy) is 1. The van der Waals surface area contributed by atoms with Crippen molar-refractivity contribution in [2.45, 2.75) is 17.3 Å². The van der Waals surface area contributed by atoms with Gasteiger partial charge in [0.1, 0.15) is 6.61 Å². The van der Waals surface area contributed by atoms with Crippen LogP contribution in [0.4, 0.5) is 0 Å². The molecule has 3 rings (SSSR count). The van der Waals surface area contributed by atoms with Crippen LogP contribution >= 0.6 is 11.8 Å². The molecule has 3 heteroatoms. The molecule has 0 aromatic heterocycles. The van der Waals surface area contributed by atoms with Crippen LogP contribution in [0.15, 0.2) is 60.2 Å². The maximum atomic E-state index is 12.8. The largest absolute Gasteiger partial charge is 0.497 e. The third kappa shape index (κ3) is 2.25. The smallest absolute Gasteiger partial charge is 0.194 e. The standard InChI is InChI=1S/C17H14O2S/c1-2-19-10-12-6-5-7-13-11-20-15-9-4-3-8-14(15)17(18)16(12)13/h2-9H,1,10-11H2. The highest BCUT2D eigenvalue weighted by Crippen LogP contribution is 2.35. The topological polar surface area (TPSA) is 26.3 Å². The van der Waals surface area contributed by atoms with Gasteiger partial charge in [-0.1, -0.05) is 36.9 Å². The second-order valence-electron chi connectivity index (χ2n) is 4.54. The zero-order chi connectivity index (χ0) is 13.9. The molecule has 2 nitrogen and oxygen atoms in total. The number of hydrogen-bond donors (Lipinski definition) is 0. The number of thioether (sulfide) groups is 1. The third-order valence-electron chi connectivity index (χ3n) is 3.34. The molecule has 0 unspecified atom stereocenters. The van der Waals surface area contributed by atoms with Gasteiger partial charge in [0.05, 0.1) is 6.26 Å². The third-order valence-corrected chi connectivity index (χ3v) is 4.46. The Balaban J connectivity index is 2.13. The minimum Gasteiger partial charge on any atom is -0.497 e. The van der Waals surface area contributed by atoms with Gasteiger partial charge < -0.3 is 4.74 Å². The second-order valence-corrected chi connectivity index (χ2v) is 5.56. The van der Waals surface area contributed by atoms with Crippen LogP contribution in [0, 0.1) is 0 Å². The first-order valence-corrected chi connectivity index (χ1v) is 7.39. The van der Waals surface area contributed by atoms with E-state index in [-0.39, 0.29) is 5.78 Å². The highest BCUT2D eigenvalue weighted by atomic mass is 32.2. The van der Waals surface area contributed by atoms with E-state index in [1.54, 1.807) is 11.8 Å². The van der Waals surface area contributed by atoms with Gasteiger partial charge in [0, 0.05) is 27.3 Å². The van der Waals surface area contributed by atoms with E-state index in [0.29, 0.717) is 6.61 Å². The van der Waals surface area contributed by atoms with E-state index in [9.17, 15) is 4.79 Å². The van der Waals surface area contributed by atoms with Gasteiger partial charge in [-0.25, -0.2) is 0 Å². The predicted molar refractivity (Wildman–Crippen MR) is 80.9 cm³/mol. The molecule has 1 aliphatic heterocycles. The van der Waals surface area contributed by atoms with Gasteiger partial charge in [0.25, 0.3) is 0 Å². The number of rotatable bonds is 3. The molecule has 2 aromatic rings. The summed E-state index contributed by atoms with van der Waals surface area (Å²) in [5.74, 6) is 0.892. The maximum Gasteiger partial charge on any atom is 0.194 e. The summed E-state index contributed by atoms with van der Waals surface area (Å²) in [5, 5.41) is 0. The van der Waals surface area contributed by atoms with Crippen LogP contribution in [-0.2, 0) is 17.1 Å². The average Bonchev–Trinajstić information content (AvgIpc) is 2.64. The first-order chi connectivity index (χ1) is 9.81. The molecule has 0 atom stereocenters. The molecule has 0 fully saturated rings. The Morgan fingerprint density at radius 2 is 2.05 bits per heavy atom. The SMILES string of the molecule is C=COCc1cccc2c1C(=O)c1ccccc1SC2. The Bertz CT molecular complexity index is 676. The van der Waals surface area contributed by atoms with E-state index in [4.69, 9.17) is 4.74 Å². The molecule has 100 valence electrons. The van der Waals surface area contributed by atoms with Crippen molar-refractivity contribution in [1.29, 1.82) is 0 Å². The van der Waals surface area contributed by atoms with E-state index in [2.05, 4.69) is 6.58 Å².